The number of halogens is 5. The molecule has 0 heterocycles. The number of hydrogen-bond donors (Lipinski definition) is 1. The highest BCUT2D eigenvalue weighted by atomic mass is 19.4. The van der Waals surface area contributed by atoms with Crippen molar-refractivity contribution in [3.05, 3.63) is 0 Å². The lowest BCUT2D eigenvalue weighted by Gasteiger charge is -2.33. The fraction of sp³-hybridized carbons (Fsp3) is 1.00. The molecular formula is C6H9F5O. The van der Waals surface area contributed by atoms with Crippen LogP contribution in [0.5, 0.6) is 0 Å². The van der Waals surface area contributed by atoms with Gasteiger partial charge in [0.05, 0.1) is 0 Å². The average molecular weight is 192 g/mol. The summed E-state index contributed by atoms with van der Waals surface area (Å²) >= 11 is 0. The Morgan fingerprint density at radius 3 is 1.50 bits per heavy atom. The van der Waals surface area contributed by atoms with Crippen molar-refractivity contribution >= 4 is 0 Å². The zero-order valence-corrected chi connectivity index (χ0v) is 6.54. The maximum atomic E-state index is 12.5. The third kappa shape index (κ3) is 1.68. The summed E-state index contributed by atoms with van der Waals surface area (Å²) in [5, 5.41) is 8.50. The minimum Gasteiger partial charge on any atom is -0.376 e. The maximum absolute atomic E-state index is 12.5. The van der Waals surface area contributed by atoms with E-state index in [-0.39, 0.29) is 6.92 Å². The van der Waals surface area contributed by atoms with Gasteiger partial charge in [0.15, 0.2) is 0 Å². The molecule has 0 bridgehead atoms. The van der Waals surface area contributed by atoms with E-state index < -0.39 is 24.1 Å². The minimum atomic E-state index is -5.31. The van der Waals surface area contributed by atoms with Gasteiger partial charge in [0, 0.05) is 6.42 Å². The van der Waals surface area contributed by atoms with E-state index in [1.54, 1.807) is 0 Å². The molecule has 1 nitrogen and oxygen atoms in total. The smallest absolute Gasteiger partial charge is 0.376 e. The predicted molar refractivity (Wildman–Crippen MR) is 31.9 cm³/mol. The lowest BCUT2D eigenvalue weighted by atomic mass is 9.95. The summed E-state index contributed by atoms with van der Waals surface area (Å²) in [6, 6.07) is 0. The van der Waals surface area contributed by atoms with Crippen LogP contribution in [-0.2, 0) is 0 Å². The second kappa shape index (κ2) is 2.83. The predicted octanol–water partition coefficient (Wildman–Crippen LogP) is 2.35. The van der Waals surface area contributed by atoms with Crippen molar-refractivity contribution in [2.75, 3.05) is 0 Å². The van der Waals surface area contributed by atoms with Crippen LogP contribution in [-0.4, -0.2) is 22.8 Å². The molecule has 0 aliphatic rings. The van der Waals surface area contributed by atoms with Gasteiger partial charge in [-0.1, -0.05) is 6.92 Å². The molecule has 0 aromatic carbocycles. The van der Waals surface area contributed by atoms with Gasteiger partial charge in [0.1, 0.15) is 0 Å². The quantitative estimate of drug-likeness (QED) is 0.666. The van der Waals surface area contributed by atoms with Gasteiger partial charge in [-0.05, 0) is 6.92 Å². The van der Waals surface area contributed by atoms with Crippen LogP contribution in [0.3, 0.4) is 0 Å². The highest BCUT2D eigenvalue weighted by Crippen LogP contribution is 2.43. The Morgan fingerprint density at radius 2 is 1.42 bits per heavy atom. The van der Waals surface area contributed by atoms with Crippen LogP contribution in [0.15, 0.2) is 0 Å². The molecule has 74 valence electrons. The van der Waals surface area contributed by atoms with E-state index >= 15 is 0 Å². The molecule has 0 rings (SSSR count). The van der Waals surface area contributed by atoms with Crippen LogP contribution in [0.2, 0.25) is 0 Å². The highest BCUT2D eigenvalue weighted by molar-refractivity contribution is 4.94. The fourth-order valence-corrected chi connectivity index (χ4v) is 0.552. The third-order valence-electron chi connectivity index (χ3n) is 1.71. The normalized spacial score (nSPS) is 19.0. The Morgan fingerprint density at radius 1 is 1.08 bits per heavy atom. The Labute approximate surface area is 66.2 Å². The molecule has 12 heavy (non-hydrogen) atoms. The summed E-state index contributed by atoms with van der Waals surface area (Å²) in [6.07, 6.45) is -6.37. The van der Waals surface area contributed by atoms with Crippen LogP contribution >= 0.6 is 0 Å². The molecule has 0 aliphatic carbocycles. The first-order valence-electron chi connectivity index (χ1n) is 3.23. The zero-order chi connectivity index (χ0) is 10.2. The van der Waals surface area contributed by atoms with Crippen molar-refractivity contribution in [3.63, 3.8) is 0 Å². The molecule has 0 aromatic rings. The number of aliphatic hydroxyl groups is 1. The second-order valence-electron chi connectivity index (χ2n) is 2.63. The fourth-order valence-electron chi connectivity index (χ4n) is 0.552. The van der Waals surface area contributed by atoms with Crippen LogP contribution in [0.1, 0.15) is 20.3 Å². The molecule has 1 N–H and O–H groups in total. The summed E-state index contributed by atoms with van der Waals surface area (Å²) < 4.78 is 60.3. The van der Waals surface area contributed by atoms with E-state index in [1.807, 2.05) is 0 Å². The molecule has 0 aromatic heterocycles. The molecule has 1 unspecified atom stereocenters. The molecule has 0 amide bonds. The van der Waals surface area contributed by atoms with Gasteiger partial charge >= 0.3 is 6.18 Å². The Kier molecular flexibility index (Phi) is 2.74. The third-order valence-corrected chi connectivity index (χ3v) is 1.71. The molecule has 0 spiro atoms. The maximum Gasteiger partial charge on any atom is 0.422 e. The molecule has 1 atom stereocenters. The molecule has 0 saturated heterocycles. The largest absolute Gasteiger partial charge is 0.422 e. The SMILES string of the molecule is CCC(F)(F)C(C)(O)C(F)(F)F. The second-order valence-corrected chi connectivity index (χ2v) is 2.63. The van der Waals surface area contributed by atoms with Crippen molar-refractivity contribution in [1.82, 2.24) is 0 Å². The minimum absolute atomic E-state index is 0.0660. The van der Waals surface area contributed by atoms with Crippen molar-refractivity contribution in [2.24, 2.45) is 0 Å². The highest BCUT2D eigenvalue weighted by Gasteiger charge is 2.64. The molecule has 0 fully saturated rings. The van der Waals surface area contributed by atoms with Crippen molar-refractivity contribution in [1.29, 1.82) is 0 Å². The van der Waals surface area contributed by atoms with Crippen molar-refractivity contribution in [3.8, 4) is 0 Å². The number of alkyl halides is 5. The number of rotatable bonds is 2. The zero-order valence-electron chi connectivity index (χ0n) is 6.54. The summed E-state index contributed by atoms with van der Waals surface area (Å²) in [4.78, 5) is 0. The van der Waals surface area contributed by atoms with Gasteiger partial charge < -0.3 is 5.11 Å². The van der Waals surface area contributed by atoms with E-state index in [0.717, 1.165) is 6.92 Å². The van der Waals surface area contributed by atoms with Crippen LogP contribution in [0.25, 0.3) is 0 Å². The summed E-state index contributed by atoms with van der Waals surface area (Å²) in [5.41, 5.74) is -3.95. The van der Waals surface area contributed by atoms with Gasteiger partial charge in [-0.3, -0.25) is 0 Å². The molecule has 0 saturated carbocycles. The Balaban J connectivity index is 4.85. The van der Waals surface area contributed by atoms with Gasteiger partial charge in [-0.15, -0.1) is 0 Å². The molecule has 0 radical (unpaired) electrons. The topological polar surface area (TPSA) is 20.2 Å². The van der Waals surface area contributed by atoms with Gasteiger partial charge in [0.2, 0.25) is 5.60 Å². The van der Waals surface area contributed by atoms with Gasteiger partial charge in [-0.25, -0.2) is 8.78 Å². The lowest BCUT2D eigenvalue weighted by molar-refractivity contribution is -0.324. The number of hydrogen-bond acceptors (Lipinski definition) is 1. The molecule has 6 heteroatoms. The van der Waals surface area contributed by atoms with Gasteiger partial charge in [-0.2, -0.15) is 13.2 Å². The first-order chi connectivity index (χ1) is 5.06. The van der Waals surface area contributed by atoms with E-state index in [1.165, 1.54) is 0 Å². The Bertz CT molecular complexity index is 160. The Hall–Kier alpha value is -0.390. The van der Waals surface area contributed by atoms with E-state index in [0.29, 0.717) is 0 Å². The van der Waals surface area contributed by atoms with Crippen molar-refractivity contribution in [2.45, 2.75) is 38.0 Å². The van der Waals surface area contributed by atoms with E-state index in [2.05, 4.69) is 0 Å². The first kappa shape index (κ1) is 11.6. The average Bonchev–Trinajstić information content (AvgIpc) is 1.85. The van der Waals surface area contributed by atoms with Crippen LogP contribution in [0, 0.1) is 0 Å². The van der Waals surface area contributed by atoms with Crippen LogP contribution < -0.4 is 0 Å². The monoisotopic (exact) mass is 192 g/mol. The van der Waals surface area contributed by atoms with Crippen LogP contribution in [0.4, 0.5) is 22.0 Å². The van der Waals surface area contributed by atoms with Crippen molar-refractivity contribution < 1.29 is 27.1 Å². The lowest BCUT2D eigenvalue weighted by Crippen LogP contribution is -2.56. The summed E-state index contributed by atoms with van der Waals surface area (Å²) in [6.45, 7) is 0.941. The summed E-state index contributed by atoms with van der Waals surface area (Å²) in [5.74, 6) is -4.15. The first-order valence-corrected chi connectivity index (χ1v) is 3.23. The van der Waals surface area contributed by atoms with E-state index in [4.69, 9.17) is 5.11 Å². The molecule has 0 aliphatic heterocycles. The van der Waals surface area contributed by atoms with Gasteiger partial charge in [0.25, 0.3) is 5.92 Å². The standard InChI is InChI=1S/C6H9F5O/c1-3-5(7,8)4(2,12)6(9,10)11/h12H,3H2,1-2H3. The molecular weight excluding hydrogens is 183 g/mol. The summed E-state index contributed by atoms with van der Waals surface area (Å²) in [7, 11) is 0. The van der Waals surface area contributed by atoms with E-state index in [9.17, 15) is 22.0 Å².